The third-order valence-electron chi connectivity index (χ3n) is 3.63. The summed E-state index contributed by atoms with van der Waals surface area (Å²) in [6.07, 6.45) is 5.18. The molecule has 0 spiro atoms. The molecule has 0 radical (unpaired) electrons. The molecular formula is C18H21N5O2. The average Bonchev–Trinajstić information content (AvgIpc) is 3.06. The van der Waals surface area contributed by atoms with Gasteiger partial charge < -0.3 is 20.2 Å². The Morgan fingerprint density at radius 2 is 1.96 bits per heavy atom. The number of ether oxygens (including phenoxy) is 1. The van der Waals surface area contributed by atoms with Crippen LogP contribution in [-0.4, -0.2) is 15.2 Å². The smallest absolute Gasteiger partial charge is 0.312 e. The molecule has 2 heterocycles. The van der Waals surface area contributed by atoms with Gasteiger partial charge in [-0.05, 0) is 36.6 Å². The lowest BCUT2D eigenvalue weighted by Gasteiger charge is -2.07. The number of nitrogen functional groups attached to an aromatic ring is 1. The van der Waals surface area contributed by atoms with Crippen molar-refractivity contribution in [1.29, 1.82) is 0 Å². The van der Waals surface area contributed by atoms with E-state index in [1.807, 2.05) is 18.2 Å². The van der Waals surface area contributed by atoms with Gasteiger partial charge in [0.25, 0.3) is 0 Å². The third-order valence-corrected chi connectivity index (χ3v) is 3.63. The van der Waals surface area contributed by atoms with E-state index < -0.39 is 0 Å². The van der Waals surface area contributed by atoms with Crippen LogP contribution in [-0.2, 0) is 13.0 Å². The molecule has 0 aliphatic rings. The summed E-state index contributed by atoms with van der Waals surface area (Å²) < 4.78 is 10.9. The molecule has 25 heavy (non-hydrogen) atoms. The highest BCUT2D eigenvalue weighted by Crippen LogP contribution is 2.21. The zero-order chi connectivity index (χ0) is 17.5. The maximum Gasteiger partial charge on any atom is 0.312 e. The fourth-order valence-corrected chi connectivity index (χ4v) is 2.29. The fourth-order valence-electron chi connectivity index (χ4n) is 2.29. The molecule has 2 aromatic heterocycles. The lowest BCUT2D eigenvalue weighted by Crippen LogP contribution is -2.00. The maximum absolute atomic E-state index is 5.76. The standard InChI is InChI=1S/C18H21N5O2/c1-2-3-4-13-5-8-15(9-6-13)24-16-10-7-14(11-21-16)20-12-17-22-23-18(19)25-17/h5-11,20H,2-4,12H2,1H3,(H2,19,23). The van der Waals surface area contributed by atoms with Crippen molar-refractivity contribution in [2.45, 2.75) is 32.7 Å². The largest absolute Gasteiger partial charge is 0.439 e. The minimum atomic E-state index is 0.0550. The molecule has 0 aliphatic carbocycles. The summed E-state index contributed by atoms with van der Waals surface area (Å²) in [5.74, 6) is 1.73. The van der Waals surface area contributed by atoms with Crippen LogP contribution in [0.25, 0.3) is 0 Å². The molecule has 0 saturated heterocycles. The molecule has 3 aromatic rings. The molecule has 7 heteroatoms. The lowest BCUT2D eigenvalue weighted by atomic mass is 10.1. The highest BCUT2D eigenvalue weighted by molar-refractivity contribution is 5.42. The van der Waals surface area contributed by atoms with E-state index in [0.717, 1.165) is 17.9 Å². The zero-order valence-corrected chi connectivity index (χ0v) is 14.1. The van der Waals surface area contributed by atoms with Crippen molar-refractivity contribution in [2.24, 2.45) is 0 Å². The number of nitrogens with one attached hydrogen (secondary N) is 1. The predicted octanol–water partition coefficient (Wildman–Crippen LogP) is 3.79. The van der Waals surface area contributed by atoms with Crippen LogP contribution < -0.4 is 15.8 Å². The first-order chi connectivity index (χ1) is 12.2. The topological polar surface area (TPSA) is 99.1 Å². The van der Waals surface area contributed by atoms with Gasteiger partial charge in [0.2, 0.25) is 11.8 Å². The van der Waals surface area contributed by atoms with E-state index in [2.05, 4.69) is 39.6 Å². The van der Waals surface area contributed by atoms with Gasteiger partial charge in [-0.3, -0.25) is 0 Å². The summed E-state index contributed by atoms with van der Waals surface area (Å²) in [5, 5.41) is 10.5. The lowest BCUT2D eigenvalue weighted by molar-refractivity contribution is 0.463. The number of benzene rings is 1. The SMILES string of the molecule is CCCCc1ccc(Oc2ccc(NCc3nnc(N)o3)cn2)cc1. The summed E-state index contributed by atoms with van der Waals surface area (Å²) in [6.45, 7) is 2.57. The summed E-state index contributed by atoms with van der Waals surface area (Å²) in [5.41, 5.74) is 7.52. The Bertz CT molecular complexity index is 784. The quantitative estimate of drug-likeness (QED) is 0.644. The number of anilines is 2. The second-order valence-electron chi connectivity index (χ2n) is 5.62. The van der Waals surface area contributed by atoms with Crippen molar-refractivity contribution >= 4 is 11.7 Å². The van der Waals surface area contributed by atoms with Crippen LogP contribution in [0.15, 0.2) is 47.0 Å². The number of hydrogen-bond donors (Lipinski definition) is 2. The van der Waals surface area contributed by atoms with E-state index in [0.29, 0.717) is 18.3 Å². The molecule has 0 unspecified atom stereocenters. The average molecular weight is 339 g/mol. The Balaban J connectivity index is 1.53. The van der Waals surface area contributed by atoms with Crippen LogP contribution in [0.5, 0.6) is 11.6 Å². The zero-order valence-electron chi connectivity index (χ0n) is 14.1. The van der Waals surface area contributed by atoms with E-state index in [9.17, 15) is 0 Å². The Kier molecular flexibility index (Phi) is 5.46. The minimum absolute atomic E-state index is 0.0550. The first-order valence-corrected chi connectivity index (χ1v) is 8.27. The van der Waals surface area contributed by atoms with Crippen molar-refractivity contribution < 1.29 is 9.15 Å². The molecule has 3 rings (SSSR count). The first kappa shape index (κ1) is 16.8. The molecule has 130 valence electrons. The minimum Gasteiger partial charge on any atom is -0.439 e. The van der Waals surface area contributed by atoms with Crippen LogP contribution in [0.1, 0.15) is 31.2 Å². The van der Waals surface area contributed by atoms with Crippen LogP contribution in [0.4, 0.5) is 11.7 Å². The van der Waals surface area contributed by atoms with Gasteiger partial charge in [-0.1, -0.05) is 30.6 Å². The van der Waals surface area contributed by atoms with Crippen molar-refractivity contribution in [3.05, 3.63) is 54.0 Å². The second-order valence-corrected chi connectivity index (χ2v) is 5.62. The van der Waals surface area contributed by atoms with Gasteiger partial charge in [0, 0.05) is 6.07 Å². The summed E-state index contributed by atoms with van der Waals surface area (Å²) in [7, 11) is 0. The highest BCUT2D eigenvalue weighted by Gasteiger charge is 2.04. The normalized spacial score (nSPS) is 10.6. The van der Waals surface area contributed by atoms with Gasteiger partial charge in [0.05, 0.1) is 18.4 Å². The van der Waals surface area contributed by atoms with Gasteiger partial charge in [-0.15, -0.1) is 5.10 Å². The van der Waals surface area contributed by atoms with E-state index in [-0.39, 0.29) is 6.01 Å². The monoisotopic (exact) mass is 339 g/mol. The second kappa shape index (κ2) is 8.14. The van der Waals surface area contributed by atoms with Crippen LogP contribution in [0, 0.1) is 0 Å². The van der Waals surface area contributed by atoms with Crippen LogP contribution in [0.2, 0.25) is 0 Å². The van der Waals surface area contributed by atoms with Crippen LogP contribution in [0.3, 0.4) is 0 Å². The first-order valence-electron chi connectivity index (χ1n) is 8.27. The Labute approximate surface area is 146 Å². The number of nitrogens with zero attached hydrogens (tertiary/aromatic N) is 3. The number of hydrogen-bond acceptors (Lipinski definition) is 7. The van der Waals surface area contributed by atoms with E-state index >= 15 is 0 Å². The summed E-state index contributed by atoms with van der Waals surface area (Å²) in [4.78, 5) is 4.29. The fraction of sp³-hybridized carbons (Fsp3) is 0.278. The molecule has 0 amide bonds. The number of rotatable bonds is 8. The number of aromatic nitrogens is 3. The van der Waals surface area contributed by atoms with E-state index in [1.165, 1.54) is 18.4 Å². The molecule has 7 nitrogen and oxygen atoms in total. The highest BCUT2D eigenvalue weighted by atomic mass is 16.5. The summed E-state index contributed by atoms with van der Waals surface area (Å²) >= 11 is 0. The molecular weight excluding hydrogens is 318 g/mol. The van der Waals surface area contributed by atoms with Gasteiger partial charge in [-0.25, -0.2) is 4.98 Å². The van der Waals surface area contributed by atoms with Gasteiger partial charge in [-0.2, -0.15) is 0 Å². The van der Waals surface area contributed by atoms with Gasteiger partial charge >= 0.3 is 6.01 Å². The molecule has 0 fully saturated rings. The molecule has 3 N–H and O–H groups in total. The number of unbranched alkanes of at least 4 members (excludes halogenated alkanes) is 1. The summed E-state index contributed by atoms with van der Waals surface area (Å²) in [6, 6.07) is 11.9. The number of nitrogens with two attached hydrogens (primary N) is 1. The van der Waals surface area contributed by atoms with E-state index in [4.69, 9.17) is 14.9 Å². The van der Waals surface area contributed by atoms with Gasteiger partial charge in [0.1, 0.15) is 5.75 Å². The molecule has 0 saturated carbocycles. The van der Waals surface area contributed by atoms with Crippen LogP contribution >= 0.6 is 0 Å². The van der Waals surface area contributed by atoms with Gasteiger partial charge in [0.15, 0.2) is 0 Å². The molecule has 1 aromatic carbocycles. The Morgan fingerprint density at radius 3 is 2.60 bits per heavy atom. The number of aryl methyl sites for hydroxylation is 1. The van der Waals surface area contributed by atoms with Crippen molar-refractivity contribution in [1.82, 2.24) is 15.2 Å². The molecule has 0 atom stereocenters. The molecule has 0 bridgehead atoms. The third kappa shape index (κ3) is 4.94. The Hall–Kier alpha value is -3.09. The van der Waals surface area contributed by atoms with E-state index in [1.54, 1.807) is 12.3 Å². The predicted molar refractivity (Wildman–Crippen MR) is 95.4 cm³/mol. The van der Waals surface area contributed by atoms with Crippen molar-refractivity contribution in [2.75, 3.05) is 11.1 Å². The molecule has 0 aliphatic heterocycles. The number of pyridine rings is 1. The Morgan fingerprint density at radius 1 is 1.12 bits per heavy atom. The van der Waals surface area contributed by atoms with Crippen molar-refractivity contribution in [3.63, 3.8) is 0 Å². The maximum atomic E-state index is 5.76. The van der Waals surface area contributed by atoms with Crippen molar-refractivity contribution in [3.8, 4) is 11.6 Å².